The number of Topliss-reactive ketones (excluding diaryl/α,β-unsaturated/α-hetero) is 1. The van der Waals surface area contributed by atoms with Crippen LogP contribution in [-0.2, 0) is 9.59 Å². The van der Waals surface area contributed by atoms with Crippen LogP contribution >= 0.6 is 0 Å². The van der Waals surface area contributed by atoms with E-state index in [2.05, 4.69) is 10.2 Å². The van der Waals surface area contributed by atoms with Gasteiger partial charge in [-0.15, -0.1) is 0 Å². The lowest BCUT2D eigenvalue weighted by Crippen LogP contribution is -2.26. The van der Waals surface area contributed by atoms with E-state index in [0.29, 0.717) is 17.9 Å². The van der Waals surface area contributed by atoms with Crippen molar-refractivity contribution in [1.82, 2.24) is 0 Å². The summed E-state index contributed by atoms with van der Waals surface area (Å²) in [7, 11) is 1.97. The van der Waals surface area contributed by atoms with E-state index >= 15 is 0 Å². The maximum atomic E-state index is 11.3. The number of fused-ring (bicyclic) bond motifs is 1. The first-order valence-electron chi connectivity index (χ1n) is 6.33. The number of nitrogens with one attached hydrogen (secondary N) is 1. The Morgan fingerprint density at radius 2 is 2.26 bits per heavy atom. The average Bonchev–Trinajstić information content (AvgIpc) is 2.37. The van der Waals surface area contributed by atoms with E-state index < -0.39 is 0 Å². The third-order valence-corrected chi connectivity index (χ3v) is 3.06. The molecule has 0 saturated carbocycles. The molecule has 5 nitrogen and oxygen atoms in total. The number of hydrogen-bond acceptors (Lipinski definition) is 4. The second-order valence-corrected chi connectivity index (χ2v) is 4.74. The van der Waals surface area contributed by atoms with Crippen LogP contribution in [0.2, 0.25) is 0 Å². The van der Waals surface area contributed by atoms with Crippen LogP contribution in [0.15, 0.2) is 18.2 Å². The molecule has 0 spiro atoms. The fourth-order valence-corrected chi connectivity index (χ4v) is 2.00. The van der Waals surface area contributed by atoms with Crippen LogP contribution in [0.1, 0.15) is 19.8 Å². The number of amides is 1. The zero-order valence-corrected chi connectivity index (χ0v) is 11.2. The summed E-state index contributed by atoms with van der Waals surface area (Å²) in [5.41, 5.74) is 1.69. The van der Waals surface area contributed by atoms with Gasteiger partial charge < -0.3 is 19.7 Å². The number of ether oxygens (including phenoxy) is 1. The first-order valence-corrected chi connectivity index (χ1v) is 6.33. The average molecular weight is 262 g/mol. The number of benzene rings is 1. The number of ketones is 1. The lowest BCUT2D eigenvalue weighted by molar-refractivity contribution is -0.119. The second-order valence-electron chi connectivity index (χ2n) is 4.74. The van der Waals surface area contributed by atoms with Crippen LogP contribution in [0.3, 0.4) is 0 Å². The Labute approximate surface area is 112 Å². The summed E-state index contributed by atoms with van der Waals surface area (Å²) in [5, 5.41) is 2.78. The van der Waals surface area contributed by atoms with Gasteiger partial charge in [-0.1, -0.05) is 0 Å². The first kappa shape index (κ1) is 13.4. The van der Waals surface area contributed by atoms with Gasteiger partial charge in [-0.2, -0.15) is 0 Å². The molecule has 0 fully saturated rings. The van der Waals surface area contributed by atoms with Gasteiger partial charge in [0.25, 0.3) is 5.91 Å². The molecule has 0 aliphatic carbocycles. The minimum Gasteiger partial charge on any atom is -0.482 e. The highest BCUT2D eigenvalue weighted by atomic mass is 16.5. The lowest BCUT2D eigenvalue weighted by atomic mass is 10.2. The fraction of sp³-hybridized carbons (Fsp3) is 0.429. The van der Waals surface area contributed by atoms with Gasteiger partial charge in [0, 0.05) is 25.7 Å². The Hall–Kier alpha value is -2.04. The lowest BCUT2D eigenvalue weighted by Gasteiger charge is -2.23. The van der Waals surface area contributed by atoms with Crippen LogP contribution in [0, 0.1) is 0 Å². The molecule has 1 amide bonds. The van der Waals surface area contributed by atoms with E-state index in [9.17, 15) is 9.59 Å². The number of nitrogens with zero attached hydrogens (tertiary/aromatic N) is 1. The van der Waals surface area contributed by atoms with Crippen molar-refractivity contribution in [2.75, 3.05) is 30.4 Å². The normalized spacial score (nSPS) is 13.3. The largest absolute Gasteiger partial charge is 0.482 e. The Morgan fingerprint density at radius 3 is 3.00 bits per heavy atom. The monoisotopic (exact) mass is 262 g/mol. The Balaban J connectivity index is 2.02. The SMILES string of the molecule is CC(=O)CCCN(C)c1ccc2c(c1)NC(=O)CO2. The third-order valence-electron chi connectivity index (χ3n) is 3.06. The van der Waals surface area contributed by atoms with E-state index in [-0.39, 0.29) is 18.3 Å². The van der Waals surface area contributed by atoms with E-state index in [1.165, 1.54) is 0 Å². The highest BCUT2D eigenvalue weighted by molar-refractivity contribution is 5.96. The van der Waals surface area contributed by atoms with Crippen molar-refractivity contribution in [3.05, 3.63) is 18.2 Å². The van der Waals surface area contributed by atoms with Gasteiger partial charge in [0.05, 0.1) is 5.69 Å². The Bertz CT molecular complexity index is 499. The standard InChI is InChI=1S/C14H18N2O3/c1-10(17)4-3-7-16(2)11-5-6-13-12(8-11)15-14(18)9-19-13/h5-6,8H,3-4,7,9H2,1-2H3,(H,15,18). The maximum absolute atomic E-state index is 11.3. The van der Waals surface area contributed by atoms with Crippen molar-refractivity contribution in [3.63, 3.8) is 0 Å². The Kier molecular flexibility index (Phi) is 4.04. The van der Waals surface area contributed by atoms with Crippen LogP contribution in [-0.4, -0.2) is 31.9 Å². The summed E-state index contributed by atoms with van der Waals surface area (Å²) in [6.45, 7) is 2.47. The van der Waals surface area contributed by atoms with Gasteiger partial charge in [0.15, 0.2) is 6.61 Å². The van der Waals surface area contributed by atoms with Gasteiger partial charge in [-0.05, 0) is 31.5 Å². The highest BCUT2D eigenvalue weighted by Gasteiger charge is 2.16. The van der Waals surface area contributed by atoms with Crippen LogP contribution in [0.25, 0.3) is 0 Å². The topological polar surface area (TPSA) is 58.6 Å². The minimum absolute atomic E-state index is 0.0702. The molecule has 0 atom stereocenters. The molecule has 1 N–H and O–H groups in total. The van der Waals surface area contributed by atoms with Crippen LogP contribution in [0.4, 0.5) is 11.4 Å². The van der Waals surface area contributed by atoms with Crippen molar-refractivity contribution in [3.8, 4) is 5.75 Å². The molecule has 1 aromatic carbocycles. The molecule has 0 saturated heterocycles. The predicted molar refractivity (Wildman–Crippen MR) is 73.8 cm³/mol. The number of anilines is 2. The molecule has 0 unspecified atom stereocenters. The van der Waals surface area contributed by atoms with Crippen LogP contribution < -0.4 is 15.0 Å². The third kappa shape index (κ3) is 3.47. The minimum atomic E-state index is -0.135. The molecule has 1 aliphatic rings. The van der Waals surface area contributed by atoms with Crippen molar-refractivity contribution in [1.29, 1.82) is 0 Å². The number of carbonyl (C=O) groups is 2. The number of hydrogen-bond donors (Lipinski definition) is 1. The zero-order chi connectivity index (χ0) is 13.8. The van der Waals surface area contributed by atoms with Gasteiger partial charge in [-0.3, -0.25) is 4.79 Å². The fourth-order valence-electron chi connectivity index (χ4n) is 2.00. The molecular formula is C14H18N2O3. The Morgan fingerprint density at radius 1 is 1.47 bits per heavy atom. The summed E-state index contributed by atoms with van der Waals surface area (Å²) < 4.78 is 5.31. The van der Waals surface area contributed by atoms with E-state index in [1.807, 2.05) is 25.2 Å². The second kappa shape index (κ2) is 5.73. The van der Waals surface area contributed by atoms with Crippen molar-refractivity contribution in [2.45, 2.75) is 19.8 Å². The van der Waals surface area contributed by atoms with E-state index in [4.69, 9.17) is 4.74 Å². The van der Waals surface area contributed by atoms with E-state index in [1.54, 1.807) is 6.92 Å². The van der Waals surface area contributed by atoms with Gasteiger partial charge in [-0.25, -0.2) is 0 Å². The van der Waals surface area contributed by atoms with Gasteiger partial charge >= 0.3 is 0 Å². The number of rotatable bonds is 5. The molecule has 5 heteroatoms. The molecule has 0 bridgehead atoms. The molecule has 0 radical (unpaired) electrons. The van der Waals surface area contributed by atoms with Crippen molar-refractivity contribution >= 4 is 23.1 Å². The summed E-state index contributed by atoms with van der Waals surface area (Å²) in [6.07, 6.45) is 1.42. The zero-order valence-electron chi connectivity index (χ0n) is 11.2. The molecule has 102 valence electrons. The molecule has 1 aliphatic heterocycles. The number of carbonyl (C=O) groups excluding carboxylic acids is 2. The molecule has 1 aromatic rings. The molecule has 0 aromatic heterocycles. The molecular weight excluding hydrogens is 244 g/mol. The summed E-state index contributed by atoms with van der Waals surface area (Å²) in [6, 6.07) is 5.69. The summed E-state index contributed by atoms with van der Waals surface area (Å²) in [4.78, 5) is 24.2. The van der Waals surface area contributed by atoms with Gasteiger partial charge in [0.2, 0.25) is 0 Å². The summed E-state index contributed by atoms with van der Waals surface area (Å²) >= 11 is 0. The van der Waals surface area contributed by atoms with Crippen molar-refractivity contribution < 1.29 is 14.3 Å². The predicted octanol–water partition coefficient (Wildman–Crippen LogP) is 1.82. The summed E-state index contributed by atoms with van der Waals surface area (Å²) in [5.74, 6) is 0.767. The highest BCUT2D eigenvalue weighted by Crippen LogP contribution is 2.31. The smallest absolute Gasteiger partial charge is 0.262 e. The molecule has 2 rings (SSSR count). The quantitative estimate of drug-likeness (QED) is 0.879. The van der Waals surface area contributed by atoms with Gasteiger partial charge in [0.1, 0.15) is 11.5 Å². The molecule has 19 heavy (non-hydrogen) atoms. The first-order chi connectivity index (χ1) is 9.06. The van der Waals surface area contributed by atoms with Crippen molar-refractivity contribution in [2.24, 2.45) is 0 Å². The van der Waals surface area contributed by atoms with Crippen LogP contribution in [0.5, 0.6) is 5.75 Å². The molecule has 1 heterocycles. The maximum Gasteiger partial charge on any atom is 0.262 e. The van der Waals surface area contributed by atoms with E-state index in [0.717, 1.165) is 18.7 Å².